The first-order valence-corrected chi connectivity index (χ1v) is 12.3. The predicted molar refractivity (Wildman–Crippen MR) is 127 cm³/mol. The van der Waals surface area contributed by atoms with E-state index in [1.165, 1.54) is 4.90 Å². The molecule has 4 heterocycles. The Hall–Kier alpha value is -3.31. The molecule has 3 aliphatic heterocycles. The molecule has 2 aromatic rings. The fourth-order valence-electron chi connectivity index (χ4n) is 6.37. The van der Waals surface area contributed by atoms with Crippen LogP contribution >= 0.6 is 0 Å². The topological polar surface area (TPSA) is 127 Å². The molecule has 36 heavy (non-hydrogen) atoms. The zero-order valence-corrected chi connectivity index (χ0v) is 20.5. The third-order valence-electron chi connectivity index (χ3n) is 7.78. The average molecular weight is 498 g/mol. The highest BCUT2D eigenvalue weighted by Gasteiger charge is 2.78. The minimum atomic E-state index is -1.18. The Bertz CT molecular complexity index is 1210. The fourth-order valence-corrected chi connectivity index (χ4v) is 6.37. The smallest absolute Gasteiger partial charge is 0.312 e. The lowest BCUT2D eigenvalue weighted by Crippen LogP contribution is -2.56. The number of aromatic nitrogens is 3. The van der Waals surface area contributed by atoms with Gasteiger partial charge in [-0.05, 0) is 38.8 Å². The molecule has 5 rings (SSSR count). The number of para-hydroxylation sites is 1. The summed E-state index contributed by atoms with van der Waals surface area (Å²) in [5, 5.41) is 18.1. The van der Waals surface area contributed by atoms with Gasteiger partial charge < -0.3 is 24.4 Å². The zero-order chi connectivity index (χ0) is 25.7. The van der Waals surface area contributed by atoms with Crippen molar-refractivity contribution < 1.29 is 29.0 Å². The molecule has 0 radical (unpaired) electrons. The molecule has 1 spiro atoms. The SMILES string of the molecule is C=CCN(Cn1nnc2ccccc21)C(=O)C1N(CCO)C(=O)[C@@H]2[C@@H](C(=O)OCC)[C@@]3(C)CCC12O3. The lowest BCUT2D eigenvalue weighted by Gasteiger charge is -2.36. The first-order chi connectivity index (χ1) is 17.3. The standard InChI is InChI=1S/C25H31N5O6/c1-4-12-28(15-30-17-9-7-6-8-16(17)26-27-30)22(33)20-25-11-10-24(3,36-25)19(23(34)35-5-2)18(25)21(32)29(20)13-14-31/h4,6-9,18-20,31H,1,5,10-15H2,2-3H3/t18-,19-,20?,24+,25?/m0/s1. The fraction of sp³-hybridized carbons (Fsp3) is 0.560. The van der Waals surface area contributed by atoms with E-state index in [0.717, 1.165) is 5.52 Å². The molecule has 192 valence electrons. The molecule has 0 saturated carbocycles. The average Bonchev–Trinajstić information content (AvgIpc) is 3.55. The van der Waals surface area contributed by atoms with Gasteiger partial charge in [-0.3, -0.25) is 14.4 Å². The summed E-state index contributed by atoms with van der Waals surface area (Å²) in [6.45, 7) is 7.42. The molecule has 2 bridgehead atoms. The zero-order valence-electron chi connectivity index (χ0n) is 20.5. The highest BCUT2D eigenvalue weighted by atomic mass is 16.6. The molecular weight excluding hydrogens is 466 g/mol. The second-order valence-electron chi connectivity index (χ2n) is 9.80. The molecule has 3 fully saturated rings. The number of rotatable bonds is 9. The van der Waals surface area contributed by atoms with Crippen molar-refractivity contribution in [1.82, 2.24) is 24.8 Å². The van der Waals surface area contributed by atoms with Gasteiger partial charge in [0.1, 0.15) is 29.7 Å². The number of β-amino-alcohol motifs (C(OH)–C–C–N with tert-alkyl or cyclic N) is 1. The van der Waals surface area contributed by atoms with E-state index in [0.29, 0.717) is 18.4 Å². The molecule has 11 heteroatoms. The summed E-state index contributed by atoms with van der Waals surface area (Å²) < 4.78 is 13.5. The predicted octanol–water partition coefficient (Wildman–Crippen LogP) is 0.724. The summed E-state index contributed by atoms with van der Waals surface area (Å²) in [4.78, 5) is 43.8. The van der Waals surface area contributed by atoms with Crippen molar-refractivity contribution in [1.29, 1.82) is 0 Å². The summed E-state index contributed by atoms with van der Waals surface area (Å²) in [6, 6.07) is 6.43. The van der Waals surface area contributed by atoms with Gasteiger partial charge in [0.15, 0.2) is 0 Å². The Balaban J connectivity index is 1.53. The number of hydrogen-bond acceptors (Lipinski definition) is 8. The summed E-state index contributed by atoms with van der Waals surface area (Å²) in [6.07, 6.45) is 2.57. The van der Waals surface area contributed by atoms with Gasteiger partial charge in [0.25, 0.3) is 0 Å². The molecule has 5 atom stereocenters. The Morgan fingerprint density at radius 3 is 2.86 bits per heavy atom. The first-order valence-electron chi connectivity index (χ1n) is 12.3. The van der Waals surface area contributed by atoms with E-state index in [4.69, 9.17) is 9.47 Å². The van der Waals surface area contributed by atoms with E-state index in [1.54, 1.807) is 22.6 Å². The highest BCUT2D eigenvalue weighted by Crippen LogP contribution is 2.63. The maximum atomic E-state index is 14.2. The van der Waals surface area contributed by atoms with Crippen LogP contribution in [0.25, 0.3) is 11.0 Å². The van der Waals surface area contributed by atoms with Gasteiger partial charge in [-0.2, -0.15) is 0 Å². The van der Waals surface area contributed by atoms with Crippen molar-refractivity contribution in [2.24, 2.45) is 11.8 Å². The molecule has 1 N–H and O–H groups in total. The quantitative estimate of drug-likeness (QED) is 0.397. The highest BCUT2D eigenvalue weighted by molar-refractivity contribution is 5.98. The van der Waals surface area contributed by atoms with Crippen molar-refractivity contribution in [3.63, 3.8) is 0 Å². The molecule has 2 unspecified atom stereocenters. The molecule has 11 nitrogen and oxygen atoms in total. The molecule has 1 aromatic heterocycles. The molecular formula is C25H31N5O6. The van der Waals surface area contributed by atoms with Crippen LogP contribution in [0.4, 0.5) is 0 Å². The van der Waals surface area contributed by atoms with Crippen molar-refractivity contribution in [3.8, 4) is 0 Å². The number of carbonyl (C=O) groups excluding carboxylic acids is 3. The van der Waals surface area contributed by atoms with Gasteiger partial charge in [-0.15, -0.1) is 11.7 Å². The number of amides is 2. The van der Waals surface area contributed by atoms with Crippen molar-refractivity contribution >= 4 is 28.8 Å². The Morgan fingerprint density at radius 2 is 2.14 bits per heavy atom. The Kier molecular flexibility index (Phi) is 6.08. The Labute approximate surface area is 208 Å². The van der Waals surface area contributed by atoms with Gasteiger partial charge in [0.05, 0.1) is 30.2 Å². The van der Waals surface area contributed by atoms with E-state index in [1.807, 2.05) is 31.2 Å². The number of carbonyl (C=O) groups is 3. The van der Waals surface area contributed by atoms with Crippen LogP contribution in [-0.4, -0.2) is 91.2 Å². The number of fused-ring (bicyclic) bond motifs is 2. The largest absolute Gasteiger partial charge is 0.466 e. The van der Waals surface area contributed by atoms with Crippen LogP contribution in [-0.2, 0) is 30.5 Å². The maximum absolute atomic E-state index is 14.2. The van der Waals surface area contributed by atoms with Crippen LogP contribution in [0.2, 0.25) is 0 Å². The monoisotopic (exact) mass is 497 g/mol. The summed E-state index contributed by atoms with van der Waals surface area (Å²) >= 11 is 0. The van der Waals surface area contributed by atoms with Crippen LogP contribution in [0.3, 0.4) is 0 Å². The van der Waals surface area contributed by atoms with Crippen LogP contribution in [0.15, 0.2) is 36.9 Å². The summed E-state index contributed by atoms with van der Waals surface area (Å²) in [5.74, 6) is -2.88. The van der Waals surface area contributed by atoms with Crippen molar-refractivity contribution in [2.45, 2.75) is 50.6 Å². The lowest BCUT2D eigenvalue weighted by molar-refractivity contribution is -0.160. The molecule has 1 aromatic carbocycles. The first kappa shape index (κ1) is 24.4. The molecule has 3 saturated heterocycles. The third kappa shape index (κ3) is 3.44. The van der Waals surface area contributed by atoms with Crippen molar-refractivity contribution in [3.05, 3.63) is 36.9 Å². The number of esters is 1. The van der Waals surface area contributed by atoms with Crippen LogP contribution < -0.4 is 0 Å². The van der Waals surface area contributed by atoms with Crippen molar-refractivity contribution in [2.75, 3.05) is 26.3 Å². The molecule has 2 amide bonds. The number of aliphatic hydroxyl groups excluding tert-OH is 1. The minimum Gasteiger partial charge on any atom is -0.466 e. The summed E-state index contributed by atoms with van der Waals surface area (Å²) in [7, 11) is 0. The molecule has 0 aliphatic carbocycles. The maximum Gasteiger partial charge on any atom is 0.312 e. The van der Waals surface area contributed by atoms with Crippen LogP contribution in [0, 0.1) is 11.8 Å². The Morgan fingerprint density at radius 1 is 1.36 bits per heavy atom. The van der Waals surface area contributed by atoms with E-state index >= 15 is 0 Å². The number of benzene rings is 1. The lowest BCUT2D eigenvalue weighted by atomic mass is 9.66. The summed E-state index contributed by atoms with van der Waals surface area (Å²) in [5.41, 5.74) is -0.623. The molecule has 3 aliphatic rings. The second kappa shape index (κ2) is 8.97. The van der Waals surface area contributed by atoms with Gasteiger partial charge in [0.2, 0.25) is 11.8 Å². The van der Waals surface area contributed by atoms with E-state index in [9.17, 15) is 19.5 Å². The number of hydrogen-bond donors (Lipinski definition) is 1. The van der Waals surface area contributed by atoms with Gasteiger partial charge >= 0.3 is 5.97 Å². The van der Waals surface area contributed by atoms with Crippen LogP contribution in [0.5, 0.6) is 0 Å². The van der Waals surface area contributed by atoms with Gasteiger partial charge in [0, 0.05) is 13.1 Å². The number of ether oxygens (including phenoxy) is 2. The number of nitrogens with zero attached hydrogens (tertiary/aromatic N) is 5. The van der Waals surface area contributed by atoms with Crippen LogP contribution in [0.1, 0.15) is 26.7 Å². The normalized spacial score (nSPS) is 30.6. The van der Waals surface area contributed by atoms with E-state index in [2.05, 4.69) is 16.9 Å². The second-order valence-corrected chi connectivity index (χ2v) is 9.80. The van der Waals surface area contributed by atoms with Gasteiger partial charge in [-0.1, -0.05) is 23.4 Å². The van der Waals surface area contributed by atoms with Gasteiger partial charge in [-0.25, -0.2) is 4.68 Å². The number of aliphatic hydroxyl groups is 1. The van der Waals surface area contributed by atoms with E-state index in [-0.39, 0.29) is 44.8 Å². The number of likely N-dealkylation sites (tertiary alicyclic amines) is 1. The minimum absolute atomic E-state index is 0.0444. The third-order valence-corrected chi connectivity index (χ3v) is 7.78. The van der Waals surface area contributed by atoms with E-state index < -0.39 is 35.0 Å².